The van der Waals surface area contributed by atoms with Gasteiger partial charge in [0.2, 0.25) is 0 Å². The van der Waals surface area contributed by atoms with Crippen LogP contribution in [-0.2, 0) is 6.42 Å². The quantitative estimate of drug-likeness (QED) is 0.714. The Kier molecular flexibility index (Phi) is 5.69. The van der Waals surface area contributed by atoms with E-state index in [1.165, 1.54) is 0 Å². The molecule has 0 amide bonds. The van der Waals surface area contributed by atoms with Crippen LogP contribution in [0.25, 0.3) is 0 Å². The van der Waals surface area contributed by atoms with E-state index in [-0.39, 0.29) is 6.04 Å². The normalized spacial score (nSPS) is 12.2. The van der Waals surface area contributed by atoms with E-state index in [1.807, 2.05) is 42.5 Å². The minimum Gasteiger partial charge on any atom is -0.457 e. The number of benzene rings is 2. The fourth-order valence-electron chi connectivity index (χ4n) is 1.89. The summed E-state index contributed by atoms with van der Waals surface area (Å²) in [5.41, 5.74) is 7.09. The van der Waals surface area contributed by atoms with Crippen LogP contribution in [0.4, 0.5) is 0 Å². The lowest BCUT2D eigenvalue weighted by Crippen LogP contribution is -2.21. The van der Waals surface area contributed by atoms with Crippen molar-refractivity contribution in [3.05, 3.63) is 56.6 Å². The van der Waals surface area contributed by atoms with Crippen LogP contribution in [0.3, 0.4) is 0 Å². The van der Waals surface area contributed by atoms with E-state index in [2.05, 4.69) is 29.5 Å². The van der Waals surface area contributed by atoms with Gasteiger partial charge >= 0.3 is 0 Å². The maximum Gasteiger partial charge on any atom is 0.130 e. The summed E-state index contributed by atoms with van der Waals surface area (Å²) in [7, 11) is 0. The van der Waals surface area contributed by atoms with E-state index in [0.29, 0.717) is 5.02 Å². The van der Waals surface area contributed by atoms with Crippen LogP contribution in [0.15, 0.2) is 42.5 Å². The Balaban J connectivity index is 2.26. The maximum atomic E-state index is 6.07. The highest BCUT2D eigenvalue weighted by atomic mass is 127. The number of nitrogens with two attached hydrogens (primary N) is 1. The molecule has 0 aliphatic rings. The van der Waals surface area contributed by atoms with Crippen LogP contribution < -0.4 is 10.5 Å². The highest BCUT2D eigenvalue weighted by molar-refractivity contribution is 14.1. The van der Waals surface area contributed by atoms with Crippen LogP contribution in [0.5, 0.6) is 11.5 Å². The molecule has 0 spiro atoms. The Morgan fingerprint density at radius 3 is 2.75 bits per heavy atom. The van der Waals surface area contributed by atoms with Gasteiger partial charge in [-0.25, -0.2) is 0 Å². The first kappa shape index (κ1) is 15.6. The van der Waals surface area contributed by atoms with Crippen LogP contribution >= 0.6 is 34.2 Å². The molecule has 0 bridgehead atoms. The Hall–Kier alpha value is -0.780. The summed E-state index contributed by atoms with van der Waals surface area (Å²) in [6.45, 7) is 2.08. The first-order chi connectivity index (χ1) is 9.58. The largest absolute Gasteiger partial charge is 0.457 e. The van der Waals surface area contributed by atoms with E-state index >= 15 is 0 Å². The van der Waals surface area contributed by atoms with Crippen LogP contribution in [0, 0.1) is 3.57 Å². The molecule has 0 saturated carbocycles. The molecule has 0 radical (unpaired) electrons. The van der Waals surface area contributed by atoms with Gasteiger partial charge in [-0.05, 0) is 77.4 Å². The van der Waals surface area contributed by atoms with Gasteiger partial charge in [0.15, 0.2) is 0 Å². The summed E-state index contributed by atoms with van der Waals surface area (Å²) >= 11 is 8.34. The van der Waals surface area contributed by atoms with Crippen molar-refractivity contribution in [1.29, 1.82) is 0 Å². The molecule has 2 nitrogen and oxygen atoms in total. The van der Waals surface area contributed by atoms with E-state index in [4.69, 9.17) is 22.1 Å². The van der Waals surface area contributed by atoms with Crippen molar-refractivity contribution in [1.82, 2.24) is 0 Å². The summed E-state index contributed by atoms with van der Waals surface area (Å²) in [6, 6.07) is 13.7. The molecule has 0 fully saturated rings. The summed E-state index contributed by atoms with van der Waals surface area (Å²) in [5.74, 6) is 1.64. The predicted molar refractivity (Wildman–Crippen MR) is 92.7 cm³/mol. The zero-order chi connectivity index (χ0) is 14.5. The van der Waals surface area contributed by atoms with Gasteiger partial charge < -0.3 is 10.5 Å². The molecule has 4 heteroatoms. The number of ether oxygens (including phenoxy) is 1. The molecule has 2 aromatic rings. The molecule has 0 aromatic heterocycles. The minimum absolute atomic E-state index is 0.117. The molecule has 20 heavy (non-hydrogen) atoms. The molecule has 106 valence electrons. The lowest BCUT2D eigenvalue weighted by molar-refractivity contribution is 0.472. The smallest absolute Gasteiger partial charge is 0.130 e. The summed E-state index contributed by atoms with van der Waals surface area (Å²) in [6.07, 6.45) is 1.69. The molecule has 2 rings (SSSR count). The number of hydrogen-bond acceptors (Lipinski definition) is 2. The standard InChI is InChI=1S/C16H17ClINO/c1-2-14(19)9-11-8-12(17)6-7-16(11)20-15-5-3-4-13(18)10-15/h3-8,10,14H,2,9,19H2,1H3. The molecular formula is C16H17ClINO. The maximum absolute atomic E-state index is 6.07. The molecule has 2 N–H and O–H groups in total. The molecule has 0 saturated heterocycles. The first-order valence-electron chi connectivity index (χ1n) is 6.56. The van der Waals surface area contributed by atoms with Gasteiger partial charge in [-0.3, -0.25) is 0 Å². The van der Waals surface area contributed by atoms with Gasteiger partial charge in [-0.2, -0.15) is 0 Å². The van der Waals surface area contributed by atoms with Crippen molar-refractivity contribution in [3.8, 4) is 11.5 Å². The van der Waals surface area contributed by atoms with Crippen LogP contribution in [-0.4, -0.2) is 6.04 Å². The Morgan fingerprint density at radius 1 is 1.25 bits per heavy atom. The molecule has 0 aliphatic carbocycles. The molecule has 2 aromatic carbocycles. The number of rotatable bonds is 5. The third-order valence-electron chi connectivity index (χ3n) is 3.05. The molecule has 0 heterocycles. The van der Waals surface area contributed by atoms with Gasteiger partial charge in [0, 0.05) is 14.6 Å². The second-order valence-corrected chi connectivity index (χ2v) is 6.37. The van der Waals surface area contributed by atoms with E-state index in [1.54, 1.807) is 0 Å². The van der Waals surface area contributed by atoms with Gasteiger partial charge in [-0.15, -0.1) is 0 Å². The van der Waals surface area contributed by atoms with Gasteiger partial charge in [0.25, 0.3) is 0 Å². The first-order valence-corrected chi connectivity index (χ1v) is 8.01. The Morgan fingerprint density at radius 2 is 2.05 bits per heavy atom. The zero-order valence-corrected chi connectivity index (χ0v) is 14.2. The minimum atomic E-state index is 0.117. The molecule has 1 atom stereocenters. The predicted octanol–water partition coefficient (Wildman–Crippen LogP) is 5.02. The second kappa shape index (κ2) is 7.29. The van der Waals surface area contributed by atoms with Crippen molar-refractivity contribution in [2.45, 2.75) is 25.8 Å². The van der Waals surface area contributed by atoms with E-state index in [9.17, 15) is 0 Å². The van der Waals surface area contributed by atoms with E-state index < -0.39 is 0 Å². The SMILES string of the molecule is CCC(N)Cc1cc(Cl)ccc1Oc1cccc(I)c1. The van der Waals surface area contributed by atoms with Crippen LogP contribution in [0.1, 0.15) is 18.9 Å². The average molecular weight is 402 g/mol. The van der Waals surface area contributed by atoms with E-state index in [0.717, 1.165) is 33.5 Å². The lowest BCUT2D eigenvalue weighted by atomic mass is 10.0. The highest BCUT2D eigenvalue weighted by Crippen LogP contribution is 2.29. The van der Waals surface area contributed by atoms with Crippen molar-refractivity contribution in [3.63, 3.8) is 0 Å². The van der Waals surface area contributed by atoms with Gasteiger partial charge in [0.1, 0.15) is 11.5 Å². The van der Waals surface area contributed by atoms with Crippen molar-refractivity contribution in [2.24, 2.45) is 5.73 Å². The molecule has 0 aliphatic heterocycles. The second-order valence-electron chi connectivity index (χ2n) is 4.68. The summed E-state index contributed by atoms with van der Waals surface area (Å²) < 4.78 is 7.11. The third-order valence-corrected chi connectivity index (χ3v) is 3.96. The number of halogens is 2. The average Bonchev–Trinajstić information content (AvgIpc) is 2.42. The fourth-order valence-corrected chi connectivity index (χ4v) is 2.60. The van der Waals surface area contributed by atoms with Crippen molar-refractivity contribution < 1.29 is 4.74 Å². The third kappa shape index (κ3) is 4.36. The Labute approximate surface area is 138 Å². The van der Waals surface area contributed by atoms with Gasteiger partial charge in [0.05, 0.1) is 0 Å². The fraction of sp³-hybridized carbons (Fsp3) is 0.250. The van der Waals surface area contributed by atoms with Gasteiger partial charge in [-0.1, -0.05) is 24.6 Å². The lowest BCUT2D eigenvalue weighted by Gasteiger charge is -2.14. The highest BCUT2D eigenvalue weighted by Gasteiger charge is 2.10. The van der Waals surface area contributed by atoms with Crippen molar-refractivity contribution >= 4 is 34.2 Å². The molecular weight excluding hydrogens is 385 g/mol. The topological polar surface area (TPSA) is 35.2 Å². The Bertz CT molecular complexity index is 588. The summed E-state index contributed by atoms with van der Waals surface area (Å²) in [4.78, 5) is 0. The monoisotopic (exact) mass is 401 g/mol. The van der Waals surface area contributed by atoms with Crippen molar-refractivity contribution in [2.75, 3.05) is 0 Å². The van der Waals surface area contributed by atoms with Crippen LogP contribution in [0.2, 0.25) is 5.02 Å². The zero-order valence-electron chi connectivity index (χ0n) is 11.3. The number of hydrogen-bond donors (Lipinski definition) is 1. The summed E-state index contributed by atoms with van der Waals surface area (Å²) in [5, 5.41) is 0.707. The molecule has 1 unspecified atom stereocenters.